The zero-order valence-corrected chi connectivity index (χ0v) is 11.9. The second-order valence-electron chi connectivity index (χ2n) is 6.73. The van der Waals surface area contributed by atoms with Crippen LogP contribution in [0, 0.1) is 0 Å². The molecule has 0 N–H and O–H groups in total. The maximum atomic E-state index is 13.0. The van der Waals surface area contributed by atoms with Crippen LogP contribution < -0.4 is 0 Å². The third kappa shape index (κ3) is 2.05. The van der Waals surface area contributed by atoms with Gasteiger partial charge in [-0.25, -0.2) is 0 Å². The zero-order chi connectivity index (χ0) is 17.2. The van der Waals surface area contributed by atoms with Crippen LogP contribution in [0.3, 0.4) is 0 Å². The van der Waals surface area contributed by atoms with E-state index in [1.54, 1.807) is 20.8 Å². The molecular weight excluding hydrogens is 222 g/mol. The first kappa shape index (κ1) is 8.73. The van der Waals surface area contributed by atoms with Gasteiger partial charge in [0.15, 0.2) is 0 Å². The van der Waals surface area contributed by atoms with Crippen molar-refractivity contribution in [2.24, 2.45) is 0 Å². The van der Waals surface area contributed by atoms with Crippen molar-refractivity contribution in [2.75, 3.05) is 0 Å². The molecule has 1 aromatic carbocycles. The topological polar surface area (TPSA) is 20.3 Å². The van der Waals surface area contributed by atoms with Crippen molar-refractivity contribution in [1.29, 1.82) is 0 Å². The Hall–Kier alpha value is -1.31. The lowest BCUT2D eigenvalue weighted by atomic mass is 9.82. The van der Waals surface area contributed by atoms with E-state index in [0.717, 1.165) is 0 Å². The van der Waals surface area contributed by atoms with E-state index in [-0.39, 0.29) is 23.2 Å². The molecule has 1 aliphatic rings. The summed E-state index contributed by atoms with van der Waals surface area (Å²) in [6, 6.07) is 1.38. The van der Waals surface area contributed by atoms with Crippen LogP contribution in [0.4, 0.5) is 0 Å². The third-order valence-corrected chi connectivity index (χ3v) is 2.99. The van der Waals surface area contributed by atoms with Gasteiger partial charge in [-0.3, -0.25) is 4.79 Å². The Balaban J connectivity index is 2.91. The van der Waals surface area contributed by atoms with Crippen molar-refractivity contribution in [2.45, 2.75) is 59.0 Å². The standard InChI is InChI=1S/C16H23NO/c1-15(2,3)12-9-7-8-11-10-17(16(4,5)6)14(18)13(11)12/h7-9H,10H2,1-6H3/i8D,9D,10D2. The van der Waals surface area contributed by atoms with E-state index in [1.807, 2.05) is 20.8 Å². The molecule has 98 valence electrons. The number of hydrogen-bond donors (Lipinski definition) is 0. The van der Waals surface area contributed by atoms with Crippen LogP contribution in [0.15, 0.2) is 18.2 Å². The van der Waals surface area contributed by atoms with Crippen LogP contribution in [0.1, 0.15) is 68.5 Å². The Kier molecular flexibility index (Phi) is 1.86. The zero-order valence-electron chi connectivity index (χ0n) is 15.9. The minimum absolute atomic E-state index is 0.0851. The van der Waals surface area contributed by atoms with Gasteiger partial charge < -0.3 is 4.90 Å². The highest BCUT2D eigenvalue weighted by atomic mass is 16.2. The lowest BCUT2D eigenvalue weighted by Gasteiger charge is -2.32. The van der Waals surface area contributed by atoms with Gasteiger partial charge in [-0.15, -0.1) is 0 Å². The fraction of sp³-hybridized carbons (Fsp3) is 0.562. The molecule has 0 bridgehead atoms. The molecule has 1 aromatic rings. The van der Waals surface area contributed by atoms with Gasteiger partial charge >= 0.3 is 0 Å². The number of rotatable bonds is 0. The van der Waals surface area contributed by atoms with Crippen molar-refractivity contribution >= 4 is 5.91 Å². The Morgan fingerprint density at radius 2 is 1.83 bits per heavy atom. The highest BCUT2D eigenvalue weighted by Gasteiger charge is 2.37. The number of nitrogens with zero attached hydrogens (tertiary/aromatic N) is 1. The molecule has 1 amide bonds. The van der Waals surface area contributed by atoms with Crippen molar-refractivity contribution in [1.82, 2.24) is 4.90 Å². The second-order valence-corrected chi connectivity index (χ2v) is 6.73. The molecule has 0 aromatic heterocycles. The van der Waals surface area contributed by atoms with Gasteiger partial charge in [0, 0.05) is 17.6 Å². The molecule has 0 radical (unpaired) electrons. The summed E-state index contributed by atoms with van der Waals surface area (Å²) < 4.78 is 33.1. The molecule has 0 unspecified atom stereocenters. The fourth-order valence-corrected chi connectivity index (χ4v) is 2.09. The molecule has 2 heteroatoms. The van der Waals surface area contributed by atoms with Gasteiger partial charge in [0.05, 0.1) is 5.48 Å². The number of amides is 1. The Morgan fingerprint density at radius 1 is 1.22 bits per heavy atom. The molecule has 0 spiro atoms. The summed E-state index contributed by atoms with van der Waals surface area (Å²) in [5, 5.41) is 0. The first-order valence-electron chi connectivity index (χ1n) is 8.20. The van der Waals surface area contributed by atoms with Gasteiger partial charge in [-0.2, -0.15) is 0 Å². The monoisotopic (exact) mass is 249 g/mol. The van der Waals surface area contributed by atoms with Crippen molar-refractivity contribution in [3.05, 3.63) is 34.8 Å². The second kappa shape index (κ2) is 3.84. The van der Waals surface area contributed by atoms with E-state index in [0.29, 0.717) is 5.56 Å². The summed E-state index contributed by atoms with van der Waals surface area (Å²) in [4.78, 5) is 14.1. The highest BCUT2D eigenvalue weighted by Crippen LogP contribution is 2.35. The number of hydrogen-bond acceptors (Lipinski definition) is 1. The average Bonchev–Trinajstić information content (AvgIpc) is 2.42. The molecule has 18 heavy (non-hydrogen) atoms. The smallest absolute Gasteiger partial charge is 0.255 e. The first-order valence-corrected chi connectivity index (χ1v) is 6.20. The van der Waals surface area contributed by atoms with E-state index >= 15 is 0 Å². The van der Waals surface area contributed by atoms with E-state index in [9.17, 15) is 4.79 Å². The number of carbonyl (C=O) groups is 1. The largest absolute Gasteiger partial charge is 0.329 e. The predicted molar refractivity (Wildman–Crippen MR) is 74.8 cm³/mol. The van der Waals surface area contributed by atoms with Crippen molar-refractivity contribution < 1.29 is 10.3 Å². The molecule has 0 fully saturated rings. The maximum Gasteiger partial charge on any atom is 0.255 e. The van der Waals surface area contributed by atoms with E-state index < -0.39 is 23.4 Å². The molecule has 0 atom stereocenters. The van der Waals surface area contributed by atoms with Crippen LogP contribution in [0.2, 0.25) is 0 Å². The maximum absolute atomic E-state index is 13.0. The predicted octanol–water partition coefficient (Wildman–Crippen LogP) is 3.74. The highest BCUT2D eigenvalue weighted by molar-refractivity contribution is 6.00. The average molecular weight is 249 g/mol. The normalized spacial score (nSPS) is 22.1. The molecule has 2 nitrogen and oxygen atoms in total. The molecule has 2 rings (SSSR count). The van der Waals surface area contributed by atoms with Gasteiger partial charge in [0.25, 0.3) is 5.91 Å². The molecule has 1 heterocycles. The molecule has 0 saturated heterocycles. The summed E-state index contributed by atoms with van der Waals surface area (Å²) in [6.07, 6.45) is 0. The van der Waals surface area contributed by atoms with Crippen LogP contribution in [0.5, 0.6) is 0 Å². The first-order chi connectivity index (χ1) is 9.70. The van der Waals surface area contributed by atoms with Gasteiger partial charge in [-0.1, -0.05) is 38.9 Å². The molecule has 0 saturated carbocycles. The lowest BCUT2D eigenvalue weighted by molar-refractivity contribution is 0.0608. The number of carbonyl (C=O) groups excluding carboxylic acids is 1. The Bertz CT molecular complexity index is 654. The lowest BCUT2D eigenvalue weighted by Crippen LogP contribution is -2.41. The number of fused-ring (bicyclic) bond motifs is 1. The fourth-order valence-electron chi connectivity index (χ4n) is 2.09. The van der Waals surface area contributed by atoms with E-state index in [1.165, 1.54) is 11.0 Å². The summed E-state index contributed by atoms with van der Waals surface area (Å²) >= 11 is 0. The minimum Gasteiger partial charge on any atom is -0.329 e. The summed E-state index contributed by atoms with van der Waals surface area (Å²) in [6.45, 7) is 8.96. The Morgan fingerprint density at radius 3 is 2.33 bits per heavy atom. The van der Waals surface area contributed by atoms with E-state index in [2.05, 4.69) is 0 Å². The van der Waals surface area contributed by atoms with Gasteiger partial charge in [0.1, 0.15) is 0 Å². The van der Waals surface area contributed by atoms with Crippen molar-refractivity contribution in [3.63, 3.8) is 0 Å². The molecule has 1 aliphatic heterocycles. The molecular formula is C16H23NO. The molecule has 0 aliphatic carbocycles. The number of benzene rings is 1. The van der Waals surface area contributed by atoms with Crippen LogP contribution in [-0.4, -0.2) is 16.3 Å². The van der Waals surface area contributed by atoms with Crippen LogP contribution in [-0.2, 0) is 11.9 Å². The Labute approximate surface area is 116 Å². The third-order valence-electron chi connectivity index (χ3n) is 2.99. The summed E-state index contributed by atoms with van der Waals surface area (Å²) in [7, 11) is 0. The van der Waals surface area contributed by atoms with Gasteiger partial charge in [0.2, 0.25) is 0 Å². The summed E-state index contributed by atoms with van der Waals surface area (Å²) in [5.74, 6) is -0.431. The summed E-state index contributed by atoms with van der Waals surface area (Å²) in [5.41, 5.74) is -0.393. The van der Waals surface area contributed by atoms with Crippen LogP contribution >= 0.6 is 0 Å². The van der Waals surface area contributed by atoms with Crippen molar-refractivity contribution in [3.8, 4) is 0 Å². The van der Waals surface area contributed by atoms with Gasteiger partial charge in [-0.05, 0) is 37.3 Å². The van der Waals surface area contributed by atoms with Crippen LogP contribution in [0.25, 0.3) is 0 Å². The quantitative estimate of drug-likeness (QED) is 0.686. The minimum atomic E-state index is -2.05. The van der Waals surface area contributed by atoms with E-state index in [4.69, 9.17) is 5.48 Å². The SMILES string of the molecule is [2H]c1cc([2H])c2c(c1C(C)(C)C)C(=O)N(C(C)(C)C)C2([2H])[2H].